The Kier molecular flexibility index (Phi) is 5.53. The number of benzene rings is 2. The first-order valence-corrected chi connectivity index (χ1v) is 8.69. The first-order valence-electron chi connectivity index (χ1n) is 8.69. The van der Waals surface area contributed by atoms with Crippen molar-refractivity contribution in [2.75, 3.05) is 0 Å². The van der Waals surface area contributed by atoms with Crippen molar-refractivity contribution in [3.8, 4) is 6.07 Å². The number of H-pyrrole nitrogens is 1. The molecule has 6 nitrogen and oxygen atoms in total. The van der Waals surface area contributed by atoms with Crippen LogP contribution in [-0.4, -0.2) is 28.9 Å². The third-order valence-electron chi connectivity index (χ3n) is 4.31. The number of para-hydroxylation sites is 1. The van der Waals surface area contributed by atoms with Crippen molar-refractivity contribution >= 4 is 22.7 Å². The molecule has 0 fully saturated rings. The summed E-state index contributed by atoms with van der Waals surface area (Å²) < 4.78 is 0. The van der Waals surface area contributed by atoms with Crippen molar-refractivity contribution in [3.63, 3.8) is 0 Å². The summed E-state index contributed by atoms with van der Waals surface area (Å²) in [6, 6.07) is 17.0. The molecule has 3 aromatic rings. The fourth-order valence-corrected chi connectivity index (χ4v) is 2.91. The van der Waals surface area contributed by atoms with Gasteiger partial charge in [0.25, 0.3) is 5.91 Å². The smallest absolute Gasteiger partial charge is 0.251 e. The van der Waals surface area contributed by atoms with E-state index in [9.17, 15) is 9.59 Å². The van der Waals surface area contributed by atoms with E-state index in [1.54, 1.807) is 31.2 Å². The van der Waals surface area contributed by atoms with Crippen LogP contribution >= 0.6 is 0 Å². The lowest BCUT2D eigenvalue weighted by atomic mass is 10.0. The van der Waals surface area contributed by atoms with Gasteiger partial charge in [-0.2, -0.15) is 5.26 Å². The number of amides is 2. The van der Waals surface area contributed by atoms with Gasteiger partial charge in [-0.05, 0) is 30.7 Å². The molecule has 0 aliphatic rings. The quantitative estimate of drug-likeness (QED) is 0.630. The summed E-state index contributed by atoms with van der Waals surface area (Å²) in [5, 5.41) is 15.4. The predicted octanol–water partition coefficient (Wildman–Crippen LogP) is 2.54. The van der Waals surface area contributed by atoms with Crippen molar-refractivity contribution in [1.29, 1.82) is 5.26 Å². The first kappa shape index (κ1) is 18.2. The molecule has 0 aliphatic carbocycles. The minimum Gasteiger partial charge on any atom is -0.361 e. The molecule has 0 spiro atoms. The highest BCUT2D eigenvalue weighted by atomic mass is 16.2. The van der Waals surface area contributed by atoms with E-state index in [0.29, 0.717) is 12.0 Å². The zero-order chi connectivity index (χ0) is 19.2. The molecule has 0 bridgehead atoms. The molecule has 1 heterocycles. The Morgan fingerprint density at radius 3 is 2.52 bits per heavy atom. The lowest BCUT2D eigenvalue weighted by Crippen LogP contribution is -2.50. The van der Waals surface area contributed by atoms with E-state index in [4.69, 9.17) is 5.26 Å². The van der Waals surface area contributed by atoms with E-state index in [2.05, 4.69) is 15.6 Å². The van der Waals surface area contributed by atoms with Gasteiger partial charge in [0, 0.05) is 29.1 Å². The molecular formula is C21H20N4O2. The minimum atomic E-state index is -0.798. The Hall–Kier alpha value is -3.59. The van der Waals surface area contributed by atoms with Gasteiger partial charge in [0.05, 0.1) is 6.07 Å². The fraction of sp³-hybridized carbons (Fsp3) is 0.190. The number of hydrogen-bond acceptors (Lipinski definition) is 3. The maximum absolute atomic E-state index is 12.7. The molecule has 2 unspecified atom stereocenters. The maximum atomic E-state index is 12.7. The van der Waals surface area contributed by atoms with Crippen LogP contribution in [0.25, 0.3) is 10.9 Å². The van der Waals surface area contributed by atoms with Crippen LogP contribution in [0.2, 0.25) is 0 Å². The summed E-state index contributed by atoms with van der Waals surface area (Å²) in [6.45, 7) is 1.60. The minimum absolute atomic E-state index is 0.312. The van der Waals surface area contributed by atoms with Crippen LogP contribution in [0.15, 0.2) is 60.8 Å². The molecule has 3 N–H and O–H groups in total. The van der Waals surface area contributed by atoms with Crippen molar-refractivity contribution in [2.45, 2.75) is 25.4 Å². The van der Waals surface area contributed by atoms with Gasteiger partial charge < -0.3 is 15.6 Å². The molecule has 2 aromatic carbocycles. The Morgan fingerprint density at radius 2 is 1.78 bits per heavy atom. The normalized spacial score (nSPS) is 12.7. The Bertz CT molecular complexity index is 988. The van der Waals surface area contributed by atoms with E-state index >= 15 is 0 Å². The van der Waals surface area contributed by atoms with Crippen molar-refractivity contribution in [3.05, 3.63) is 71.9 Å². The lowest BCUT2D eigenvalue weighted by molar-refractivity contribution is -0.123. The highest BCUT2D eigenvalue weighted by Crippen LogP contribution is 2.19. The second kappa shape index (κ2) is 8.19. The Morgan fingerprint density at radius 1 is 1.07 bits per heavy atom. The van der Waals surface area contributed by atoms with Crippen molar-refractivity contribution in [2.24, 2.45) is 0 Å². The van der Waals surface area contributed by atoms with E-state index in [1.807, 2.05) is 42.6 Å². The van der Waals surface area contributed by atoms with Gasteiger partial charge >= 0.3 is 0 Å². The standard InChI is InChI=1S/C21H20N4O2/c1-14(12-22)24-21(27)19(25-20(26)15-7-3-2-4-8-15)11-16-13-23-18-10-6-5-9-17(16)18/h2-10,13-14,19,23H,11H2,1H3,(H,24,27)(H,25,26). The van der Waals surface area contributed by atoms with Gasteiger partial charge in [-0.15, -0.1) is 0 Å². The number of aromatic nitrogens is 1. The predicted molar refractivity (Wildman–Crippen MR) is 103 cm³/mol. The molecule has 2 amide bonds. The third-order valence-corrected chi connectivity index (χ3v) is 4.31. The maximum Gasteiger partial charge on any atom is 0.251 e. The molecule has 27 heavy (non-hydrogen) atoms. The molecule has 1 aromatic heterocycles. The number of hydrogen-bond donors (Lipinski definition) is 3. The van der Waals surface area contributed by atoms with E-state index in [0.717, 1.165) is 16.5 Å². The number of nitrogens with zero attached hydrogens (tertiary/aromatic N) is 1. The summed E-state index contributed by atoms with van der Waals surface area (Å²) in [6.07, 6.45) is 2.15. The van der Waals surface area contributed by atoms with Crippen LogP contribution in [-0.2, 0) is 11.2 Å². The van der Waals surface area contributed by atoms with Crippen molar-refractivity contribution in [1.82, 2.24) is 15.6 Å². The van der Waals surface area contributed by atoms with E-state index in [-0.39, 0.29) is 5.91 Å². The van der Waals surface area contributed by atoms with Crippen LogP contribution in [0.4, 0.5) is 0 Å². The molecule has 0 aliphatic heterocycles. The average molecular weight is 360 g/mol. The van der Waals surface area contributed by atoms with Crippen LogP contribution in [0.1, 0.15) is 22.8 Å². The van der Waals surface area contributed by atoms with Crippen LogP contribution in [0.5, 0.6) is 0 Å². The molecule has 136 valence electrons. The molecule has 3 rings (SSSR count). The number of nitriles is 1. The van der Waals surface area contributed by atoms with Crippen LogP contribution < -0.4 is 10.6 Å². The third kappa shape index (κ3) is 4.33. The van der Waals surface area contributed by atoms with Gasteiger partial charge in [-0.25, -0.2) is 0 Å². The second-order valence-corrected chi connectivity index (χ2v) is 6.32. The first-order chi connectivity index (χ1) is 13.1. The highest BCUT2D eigenvalue weighted by Gasteiger charge is 2.24. The van der Waals surface area contributed by atoms with Crippen LogP contribution in [0.3, 0.4) is 0 Å². The summed E-state index contributed by atoms with van der Waals surface area (Å²) in [7, 11) is 0. The summed E-state index contributed by atoms with van der Waals surface area (Å²) >= 11 is 0. The number of fused-ring (bicyclic) bond motifs is 1. The lowest BCUT2D eigenvalue weighted by Gasteiger charge is -2.19. The van der Waals surface area contributed by atoms with Gasteiger partial charge in [0.15, 0.2) is 0 Å². The monoisotopic (exact) mass is 360 g/mol. The second-order valence-electron chi connectivity index (χ2n) is 6.32. The Balaban J connectivity index is 1.84. The molecule has 0 saturated carbocycles. The molecule has 0 saturated heterocycles. The van der Waals surface area contributed by atoms with Gasteiger partial charge in [0.2, 0.25) is 5.91 Å². The van der Waals surface area contributed by atoms with Crippen LogP contribution in [0, 0.1) is 11.3 Å². The topological polar surface area (TPSA) is 97.8 Å². The summed E-state index contributed by atoms with van der Waals surface area (Å²) in [4.78, 5) is 28.4. The average Bonchev–Trinajstić information content (AvgIpc) is 3.11. The largest absolute Gasteiger partial charge is 0.361 e. The molecular weight excluding hydrogens is 340 g/mol. The van der Waals surface area contributed by atoms with Gasteiger partial charge in [-0.1, -0.05) is 36.4 Å². The fourth-order valence-electron chi connectivity index (χ4n) is 2.91. The Labute approximate surface area is 157 Å². The molecule has 2 atom stereocenters. The zero-order valence-corrected chi connectivity index (χ0v) is 14.9. The molecule has 6 heteroatoms. The number of nitrogens with one attached hydrogen (secondary N) is 3. The SMILES string of the molecule is CC(C#N)NC(=O)C(Cc1c[nH]c2ccccc12)NC(=O)c1ccccc1. The van der Waals surface area contributed by atoms with Gasteiger partial charge in [0.1, 0.15) is 12.1 Å². The highest BCUT2D eigenvalue weighted by molar-refractivity contribution is 5.98. The van der Waals surface area contributed by atoms with E-state index < -0.39 is 18.0 Å². The zero-order valence-electron chi connectivity index (χ0n) is 14.9. The van der Waals surface area contributed by atoms with Crippen molar-refractivity contribution < 1.29 is 9.59 Å². The number of carbonyl (C=O) groups excluding carboxylic acids is 2. The van der Waals surface area contributed by atoms with Gasteiger partial charge in [-0.3, -0.25) is 9.59 Å². The number of aromatic amines is 1. The van der Waals surface area contributed by atoms with E-state index in [1.165, 1.54) is 0 Å². The molecule has 0 radical (unpaired) electrons. The number of rotatable bonds is 6. The number of carbonyl (C=O) groups is 2. The summed E-state index contributed by atoms with van der Waals surface area (Å²) in [5.41, 5.74) is 2.36. The summed E-state index contributed by atoms with van der Waals surface area (Å²) in [5.74, 6) is -0.723.